The number of hydrogen-bond acceptors (Lipinski definition) is 8. The van der Waals surface area contributed by atoms with Crippen LogP contribution >= 0.6 is 0 Å². The maximum atomic E-state index is 12.7. The van der Waals surface area contributed by atoms with E-state index in [0.29, 0.717) is 25.8 Å². The van der Waals surface area contributed by atoms with Gasteiger partial charge in [0, 0.05) is 19.4 Å². The first kappa shape index (κ1) is 19.3. The topological polar surface area (TPSA) is 166 Å². The van der Waals surface area contributed by atoms with E-state index in [9.17, 15) is 19.8 Å². The van der Waals surface area contributed by atoms with Gasteiger partial charge in [-0.3, -0.25) is 18.7 Å². The number of carboxylic acid groups (broad SMARTS) is 1. The fourth-order valence-corrected chi connectivity index (χ4v) is 3.22. The van der Waals surface area contributed by atoms with Crippen molar-refractivity contribution < 1.29 is 24.9 Å². The molecule has 1 saturated heterocycles. The van der Waals surface area contributed by atoms with Crippen LogP contribution in [0.15, 0.2) is 11.1 Å². The van der Waals surface area contributed by atoms with E-state index >= 15 is 0 Å². The number of ether oxygens (including phenoxy) is 1. The SMILES string of the molecule is Nc1nc2c(ncn2[C@H]2C[C@H](O)[C@@H](CO)O2)c(=O)n1CCCCCC(=O)O. The molecule has 3 atom stereocenters. The van der Waals surface area contributed by atoms with E-state index in [2.05, 4.69) is 9.97 Å². The van der Waals surface area contributed by atoms with Crippen LogP contribution in [0.4, 0.5) is 5.95 Å². The van der Waals surface area contributed by atoms with E-state index in [1.54, 1.807) is 0 Å². The third-order valence-electron chi connectivity index (χ3n) is 4.68. The van der Waals surface area contributed by atoms with E-state index < -0.39 is 24.4 Å². The molecule has 0 amide bonds. The van der Waals surface area contributed by atoms with Crippen molar-refractivity contribution in [2.45, 2.75) is 57.1 Å². The van der Waals surface area contributed by atoms with Crippen LogP contribution in [0.3, 0.4) is 0 Å². The molecule has 148 valence electrons. The number of aliphatic carboxylic acids is 1. The fraction of sp³-hybridized carbons (Fsp3) is 0.625. The maximum Gasteiger partial charge on any atom is 0.303 e. The summed E-state index contributed by atoms with van der Waals surface area (Å²) in [4.78, 5) is 31.6. The molecule has 3 rings (SSSR count). The van der Waals surface area contributed by atoms with Crippen molar-refractivity contribution in [2.75, 3.05) is 12.3 Å². The summed E-state index contributed by atoms with van der Waals surface area (Å²) in [5, 5.41) is 27.7. The summed E-state index contributed by atoms with van der Waals surface area (Å²) in [6.07, 6.45) is 1.41. The van der Waals surface area contributed by atoms with Crippen molar-refractivity contribution in [2.24, 2.45) is 0 Å². The monoisotopic (exact) mass is 381 g/mol. The molecule has 0 aromatic carbocycles. The molecule has 0 radical (unpaired) electrons. The number of hydrogen-bond donors (Lipinski definition) is 4. The summed E-state index contributed by atoms with van der Waals surface area (Å²) in [7, 11) is 0. The van der Waals surface area contributed by atoms with Crippen LogP contribution in [0.25, 0.3) is 11.2 Å². The van der Waals surface area contributed by atoms with Gasteiger partial charge in [0.1, 0.15) is 12.3 Å². The van der Waals surface area contributed by atoms with E-state index in [-0.39, 0.29) is 42.1 Å². The minimum Gasteiger partial charge on any atom is -0.481 e. The lowest BCUT2D eigenvalue weighted by molar-refractivity contribution is -0.137. The first-order valence-corrected chi connectivity index (χ1v) is 8.81. The van der Waals surface area contributed by atoms with E-state index in [4.69, 9.17) is 15.6 Å². The molecule has 2 aromatic heterocycles. The average molecular weight is 381 g/mol. The van der Waals surface area contributed by atoms with E-state index in [1.165, 1.54) is 15.5 Å². The number of carbonyl (C=O) groups is 1. The smallest absolute Gasteiger partial charge is 0.303 e. The Hall–Kier alpha value is -2.50. The molecule has 0 spiro atoms. The number of unbranched alkanes of at least 4 members (excludes halogenated alkanes) is 2. The Morgan fingerprint density at radius 3 is 2.81 bits per heavy atom. The number of aromatic nitrogens is 4. The number of nitrogens with two attached hydrogens (primary N) is 1. The Kier molecular flexibility index (Phi) is 5.73. The predicted molar refractivity (Wildman–Crippen MR) is 93.9 cm³/mol. The van der Waals surface area contributed by atoms with Gasteiger partial charge in [-0.2, -0.15) is 4.98 Å². The Balaban J connectivity index is 1.78. The minimum atomic E-state index is -0.844. The van der Waals surface area contributed by atoms with Crippen molar-refractivity contribution in [3.63, 3.8) is 0 Å². The molecule has 1 aliphatic rings. The number of aliphatic hydroxyl groups excluding tert-OH is 2. The maximum absolute atomic E-state index is 12.7. The summed E-state index contributed by atoms with van der Waals surface area (Å²) < 4.78 is 8.43. The molecule has 1 fully saturated rings. The normalized spacial score (nSPS) is 22.5. The summed E-state index contributed by atoms with van der Waals surface area (Å²) in [6, 6.07) is 0. The molecule has 11 heteroatoms. The standard InChI is InChI=1S/C16H23N5O6/c17-16-19-14-13(15(26)20(16)5-3-1-2-4-12(24)25)18-8-21(14)11-6-9(23)10(7-22)27-11/h8-11,22-23H,1-7H2,(H2,17,19)(H,24,25)/t9-,10+,11+/m0/s1. The van der Waals surface area contributed by atoms with Crippen molar-refractivity contribution in [1.82, 2.24) is 19.1 Å². The van der Waals surface area contributed by atoms with Gasteiger partial charge < -0.3 is 25.8 Å². The lowest BCUT2D eigenvalue weighted by atomic mass is 10.2. The highest BCUT2D eigenvalue weighted by molar-refractivity contribution is 5.71. The van der Waals surface area contributed by atoms with Crippen molar-refractivity contribution in [3.05, 3.63) is 16.7 Å². The molecule has 0 aliphatic carbocycles. The quantitative estimate of drug-likeness (QED) is 0.439. The Labute approximate surface area is 154 Å². The van der Waals surface area contributed by atoms with Crippen molar-refractivity contribution in [3.8, 4) is 0 Å². The van der Waals surface area contributed by atoms with Gasteiger partial charge in [0.25, 0.3) is 5.56 Å². The molecule has 0 unspecified atom stereocenters. The molecule has 1 aliphatic heterocycles. The molecule has 5 N–H and O–H groups in total. The summed E-state index contributed by atoms with van der Waals surface area (Å²) in [5.41, 5.74) is 5.96. The average Bonchev–Trinajstić information content (AvgIpc) is 3.20. The van der Waals surface area contributed by atoms with Crippen LogP contribution in [0, 0.1) is 0 Å². The number of fused-ring (bicyclic) bond motifs is 1. The van der Waals surface area contributed by atoms with Gasteiger partial charge in [0.05, 0.1) is 19.0 Å². The highest BCUT2D eigenvalue weighted by Crippen LogP contribution is 2.30. The van der Waals surface area contributed by atoms with Gasteiger partial charge in [-0.05, 0) is 12.8 Å². The lowest BCUT2D eigenvalue weighted by Crippen LogP contribution is -2.25. The number of anilines is 1. The van der Waals surface area contributed by atoms with Gasteiger partial charge in [-0.25, -0.2) is 4.98 Å². The van der Waals surface area contributed by atoms with Crippen LogP contribution in [-0.2, 0) is 16.1 Å². The van der Waals surface area contributed by atoms with Gasteiger partial charge in [0.2, 0.25) is 5.95 Å². The number of carboxylic acids is 1. The van der Waals surface area contributed by atoms with Crippen LogP contribution in [0.5, 0.6) is 0 Å². The number of nitrogens with zero attached hydrogens (tertiary/aromatic N) is 4. The predicted octanol–water partition coefficient (Wildman–Crippen LogP) is -0.539. The second-order valence-electron chi connectivity index (χ2n) is 6.57. The van der Waals surface area contributed by atoms with Gasteiger partial charge in [0.15, 0.2) is 11.2 Å². The fourth-order valence-electron chi connectivity index (χ4n) is 3.22. The minimum absolute atomic E-state index is 0.0322. The molecule has 0 saturated carbocycles. The molecular weight excluding hydrogens is 358 g/mol. The van der Waals surface area contributed by atoms with Crippen molar-refractivity contribution >= 4 is 23.1 Å². The largest absolute Gasteiger partial charge is 0.481 e. The number of rotatable bonds is 8. The summed E-state index contributed by atoms with van der Waals surface area (Å²) in [5.74, 6) is -0.812. The van der Waals surface area contributed by atoms with E-state index in [1.807, 2.05) is 0 Å². The number of aliphatic hydroxyl groups is 2. The first-order chi connectivity index (χ1) is 12.9. The lowest BCUT2D eigenvalue weighted by Gasteiger charge is -2.14. The van der Waals surface area contributed by atoms with Crippen LogP contribution in [-0.4, -0.2) is 59.2 Å². The highest BCUT2D eigenvalue weighted by atomic mass is 16.5. The molecule has 0 bridgehead atoms. The Morgan fingerprint density at radius 1 is 1.37 bits per heavy atom. The Bertz CT molecular complexity index is 878. The van der Waals surface area contributed by atoms with Crippen LogP contribution in [0.1, 0.15) is 38.3 Å². The third kappa shape index (κ3) is 3.94. The zero-order valence-electron chi connectivity index (χ0n) is 14.7. The molecule has 11 nitrogen and oxygen atoms in total. The third-order valence-corrected chi connectivity index (χ3v) is 4.68. The van der Waals surface area contributed by atoms with Crippen molar-refractivity contribution in [1.29, 1.82) is 0 Å². The second-order valence-corrected chi connectivity index (χ2v) is 6.57. The number of imidazole rings is 1. The second kappa shape index (κ2) is 8.03. The zero-order valence-corrected chi connectivity index (χ0v) is 14.7. The van der Waals surface area contributed by atoms with Crippen LogP contribution in [0.2, 0.25) is 0 Å². The van der Waals surface area contributed by atoms with Gasteiger partial charge >= 0.3 is 5.97 Å². The van der Waals surface area contributed by atoms with Crippen LogP contribution < -0.4 is 11.3 Å². The number of nitrogen functional groups attached to an aromatic ring is 1. The molecule has 27 heavy (non-hydrogen) atoms. The summed E-state index contributed by atoms with van der Waals surface area (Å²) in [6.45, 7) is 0.0138. The first-order valence-electron chi connectivity index (χ1n) is 8.81. The highest BCUT2D eigenvalue weighted by Gasteiger charge is 2.35. The Morgan fingerprint density at radius 2 is 2.15 bits per heavy atom. The molecule has 2 aromatic rings. The van der Waals surface area contributed by atoms with Gasteiger partial charge in [-0.1, -0.05) is 6.42 Å². The van der Waals surface area contributed by atoms with E-state index in [0.717, 1.165) is 0 Å². The molecular formula is C16H23N5O6. The molecule has 3 heterocycles. The summed E-state index contributed by atoms with van der Waals surface area (Å²) >= 11 is 0. The van der Waals surface area contributed by atoms with Gasteiger partial charge in [-0.15, -0.1) is 0 Å². The zero-order chi connectivity index (χ0) is 19.6.